The van der Waals surface area contributed by atoms with Gasteiger partial charge in [-0.1, -0.05) is 23.2 Å². The van der Waals surface area contributed by atoms with Crippen LogP contribution in [-0.2, 0) is 19.5 Å². The molecule has 0 aliphatic heterocycles. The van der Waals surface area contributed by atoms with E-state index in [0.717, 1.165) is 17.9 Å². The molecule has 0 saturated heterocycles. The van der Waals surface area contributed by atoms with Crippen molar-refractivity contribution in [3.63, 3.8) is 0 Å². The molecule has 0 aliphatic carbocycles. The van der Waals surface area contributed by atoms with Gasteiger partial charge in [-0.3, -0.25) is 9.36 Å². The fourth-order valence-corrected chi connectivity index (χ4v) is 2.62. The van der Waals surface area contributed by atoms with Gasteiger partial charge in [0.1, 0.15) is 0 Å². The summed E-state index contributed by atoms with van der Waals surface area (Å²) in [6.07, 6.45) is 2.29. The lowest BCUT2D eigenvalue weighted by Gasteiger charge is -2.01. The predicted molar refractivity (Wildman–Crippen MR) is 86.6 cm³/mol. The lowest BCUT2D eigenvalue weighted by atomic mass is 10.4. The minimum absolute atomic E-state index is 0.323. The van der Waals surface area contributed by atoms with Crippen molar-refractivity contribution < 1.29 is 4.42 Å². The minimum Gasteiger partial charge on any atom is -0.419 e. The van der Waals surface area contributed by atoms with E-state index in [4.69, 9.17) is 27.6 Å². The Balaban J connectivity index is 1.74. The van der Waals surface area contributed by atoms with Gasteiger partial charge in [0.15, 0.2) is 5.69 Å². The first-order chi connectivity index (χ1) is 11.0. The summed E-state index contributed by atoms with van der Waals surface area (Å²) in [6, 6.07) is 0. The Morgan fingerprint density at radius 3 is 2.57 bits per heavy atom. The summed E-state index contributed by atoms with van der Waals surface area (Å²) < 4.78 is 9.21. The summed E-state index contributed by atoms with van der Waals surface area (Å²) >= 11 is 12.3. The molecule has 3 heterocycles. The van der Waals surface area contributed by atoms with Crippen LogP contribution in [0.4, 0.5) is 0 Å². The van der Waals surface area contributed by atoms with E-state index in [2.05, 4.69) is 20.4 Å². The molecule has 0 aromatic carbocycles. The highest BCUT2D eigenvalue weighted by Gasteiger charge is 2.17. The standard InChI is InChI=1S/C14H16Cl2N6O/c1-4-21-7-10(15)13(20-21)14-18-17-11(23-14)5-6-22-9(3)12(16)8(2)19-22/h7H,4-6H2,1-3H3. The second-order valence-electron chi connectivity index (χ2n) is 5.14. The van der Waals surface area contributed by atoms with Crippen molar-refractivity contribution in [3.8, 4) is 11.6 Å². The number of hydrogen-bond acceptors (Lipinski definition) is 5. The largest absolute Gasteiger partial charge is 0.419 e. The highest BCUT2D eigenvalue weighted by atomic mass is 35.5. The summed E-state index contributed by atoms with van der Waals surface area (Å²) in [5.41, 5.74) is 2.24. The quantitative estimate of drug-likeness (QED) is 0.702. The van der Waals surface area contributed by atoms with E-state index in [1.54, 1.807) is 10.9 Å². The maximum absolute atomic E-state index is 6.14. The number of rotatable bonds is 5. The van der Waals surface area contributed by atoms with Crippen molar-refractivity contribution in [1.29, 1.82) is 0 Å². The van der Waals surface area contributed by atoms with Crippen molar-refractivity contribution in [2.45, 2.75) is 40.3 Å². The Hall–Kier alpha value is -1.86. The van der Waals surface area contributed by atoms with Crippen molar-refractivity contribution in [1.82, 2.24) is 29.8 Å². The zero-order valence-electron chi connectivity index (χ0n) is 13.0. The molecule has 0 bridgehead atoms. The Morgan fingerprint density at radius 2 is 1.96 bits per heavy atom. The van der Waals surface area contributed by atoms with Gasteiger partial charge in [-0.15, -0.1) is 10.2 Å². The number of nitrogens with zero attached hydrogens (tertiary/aromatic N) is 6. The summed E-state index contributed by atoms with van der Waals surface area (Å²) in [6.45, 7) is 7.12. The second-order valence-corrected chi connectivity index (χ2v) is 5.93. The van der Waals surface area contributed by atoms with Crippen molar-refractivity contribution >= 4 is 23.2 Å². The highest BCUT2D eigenvalue weighted by molar-refractivity contribution is 6.32. The highest BCUT2D eigenvalue weighted by Crippen LogP contribution is 2.25. The zero-order valence-corrected chi connectivity index (χ0v) is 14.6. The van der Waals surface area contributed by atoms with Crippen LogP contribution in [0.15, 0.2) is 10.6 Å². The molecule has 0 fully saturated rings. The Labute approximate surface area is 143 Å². The average molecular weight is 355 g/mol. The van der Waals surface area contributed by atoms with Gasteiger partial charge in [0.2, 0.25) is 5.89 Å². The van der Waals surface area contributed by atoms with Crippen molar-refractivity contribution in [2.24, 2.45) is 0 Å². The average Bonchev–Trinajstić information content (AvgIpc) is 3.20. The van der Waals surface area contributed by atoms with Gasteiger partial charge < -0.3 is 4.42 Å². The number of hydrogen-bond donors (Lipinski definition) is 0. The topological polar surface area (TPSA) is 74.6 Å². The van der Waals surface area contributed by atoms with E-state index in [-0.39, 0.29) is 0 Å². The molecule has 3 aromatic rings. The molecule has 0 saturated carbocycles. The fraction of sp³-hybridized carbons (Fsp3) is 0.429. The number of aryl methyl sites for hydroxylation is 4. The van der Waals surface area contributed by atoms with Gasteiger partial charge in [-0.25, -0.2) is 0 Å². The van der Waals surface area contributed by atoms with Gasteiger partial charge >= 0.3 is 0 Å². The van der Waals surface area contributed by atoms with Crippen molar-refractivity contribution in [3.05, 3.63) is 33.5 Å². The van der Waals surface area contributed by atoms with Crippen LogP contribution in [0, 0.1) is 13.8 Å². The van der Waals surface area contributed by atoms with E-state index < -0.39 is 0 Å². The minimum atomic E-state index is 0.323. The molecule has 0 radical (unpaired) electrons. The molecule has 3 rings (SSSR count). The van der Waals surface area contributed by atoms with Crippen LogP contribution in [0.3, 0.4) is 0 Å². The molecule has 0 amide bonds. The molecule has 0 unspecified atom stereocenters. The van der Waals surface area contributed by atoms with E-state index in [0.29, 0.717) is 40.5 Å². The molecule has 3 aromatic heterocycles. The third-order valence-corrected chi connectivity index (χ3v) is 4.36. The van der Waals surface area contributed by atoms with Gasteiger partial charge in [-0.05, 0) is 20.8 Å². The van der Waals surface area contributed by atoms with Crippen LogP contribution in [0.1, 0.15) is 24.2 Å². The summed E-state index contributed by atoms with van der Waals surface area (Å²) in [7, 11) is 0. The number of aromatic nitrogens is 6. The van der Waals surface area contributed by atoms with Gasteiger partial charge in [0.05, 0.1) is 21.4 Å². The second kappa shape index (κ2) is 6.33. The van der Waals surface area contributed by atoms with E-state index in [9.17, 15) is 0 Å². The first-order valence-corrected chi connectivity index (χ1v) is 8.00. The number of halogens is 2. The third kappa shape index (κ3) is 3.11. The van der Waals surface area contributed by atoms with E-state index in [1.165, 1.54) is 0 Å². The fourth-order valence-electron chi connectivity index (χ4n) is 2.25. The van der Waals surface area contributed by atoms with E-state index >= 15 is 0 Å². The summed E-state index contributed by atoms with van der Waals surface area (Å²) in [4.78, 5) is 0. The lowest BCUT2D eigenvalue weighted by Crippen LogP contribution is -2.05. The maximum atomic E-state index is 6.14. The third-order valence-electron chi connectivity index (χ3n) is 3.54. The summed E-state index contributed by atoms with van der Waals surface area (Å²) in [5, 5.41) is 17.9. The molecular formula is C14H16Cl2N6O. The molecule has 7 nitrogen and oxygen atoms in total. The molecule has 9 heteroatoms. The molecule has 0 spiro atoms. The molecule has 122 valence electrons. The Kier molecular flexibility index (Phi) is 4.41. The smallest absolute Gasteiger partial charge is 0.269 e. The van der Waals surface area contributed by atoms with Crippen LogP contribution in [-0.4, -0.2) is 29.8 Å². The van der Waals surface area contributed by atoms with Crippen LogP contribution >= 0.6 is 23.2 Å². The molecule has 23 heavy (non-hydrogen) atoms. The van der Waals surface area contributed by atoms with Crippen LogP contribution in [0.5, 0.6) is 0 Å². The Bertz CT molecular complexity index is 835. The van der Waals surface area contributed by atoms with Crippen LogP contribution in [0.25, 0.3) is 11.6 Å². The first-order valence-electron chi connectivity index (χ1n) is 7.24. The maximum Gasteiger partial charge on any atom is 0.269 e. The zero-order chi connectivity index (χ0) is 16.6. The first kappa shape index (κ1) is 16.0. The van der Waals surface area contributed by atoms with Crippen LogP contribution < -0.4 is 0 Å². The van der Waals surface area contributed by atoms with E-state index in [1.807, 2.05) is 25.5 Å². The molecule has 0 atom stereocenters. The molecular weight excluding hydrogens is 339 g/mol. The van der Waals surface area contributed by atoms with Gasteiger partial charge in [0, 0.05) is 25.7 Å². The normalized spacial score (nSPS) is 11.3. The SMILES string of the molecule is CCn1cc(Cl)c(-c2nnc(CCn3nc(C)c(Cl)c3C)o2)n1. The monoisotopic (exact) mass is 354 g/mol. The lowest BCUT2D eigenvalue weighted by molar-refractivity contribution is 0.470. The van der Waals surface area contributed by atoms with Gasteiger partial charge in [0.25, 0.3) is 5.89 Å². The Morgan fingerprint density at radius 1 is 1.17 bits per heavy atom. The summed E-state index contributed by atoms with van der Waals surface area (Å²) in [5.74, 6) is 0.828. The molecule has 0 aliphatic rings. The van der Waals surface area contributed by atoms with Gasteiger partial charge in [-0.2, -0.15) is 10.2 Å². The van der Waals surface area contributed by atoms with Crippen LogP contribution in [0.2, 0.25) is 10.0 Å². The predicted octanol–water partition coefficient (Wildman–Crippen LogP) is 3.32. The van der Waals surface area contributed by atoms with Crippen molar-refractivity contribution in [2.75, 3.05) is 0 Å². The molecule has 0 N–H and O–H groups in total.